The Labute approximate surface area is 157 Å². The van der Waals surface area contributed by atoms with Crippen molar-refractivity contribution >= 4 is 17.8 Å². The number of hydrogen-bond acceptors (Lipinski definition) is 13. The van der Waals surface area contributed by atoms with Gasteiger partial charge in [-0.15, -0.1) is 0 Å². The van der Waals surface area contributed by atoms with Crippen LogP contribution in [0.5, 0.6) is 0 Å². The molecule has 1 heterocycles. The van der Waals surface area contributed by atoms with Crippen LogP contribution in [-0.2, 0) is 23.9 Å². The Morgan fingerprint density at radius 1 is 1.00 bits per heavy atom. The van der Waals surface area contributed by atoms with Gasteiger partial charge in [-0.25, -0.2) is 9.59 Å². The van der Waals surface area contributed by atoms with Gasteiger partial charge in [0.2, 0.25) is 5.91 Å². The van der Waals surface area contributed by atoms with Gasteiger partial charge in [0.05, 0.1) is 6.61 Å². The second-order valence-electron chi connectivity index (χ2n) is 6.07. The summed E-state index contributed by atoms with van der Waals surface area (Å²) in [6.07, 6.45) is -16.5. The van der Waals surface area contributed by atoms with E-state index in [2.05, 4.69) is 9.47 Å². The van der Waals surface area contributed by atoms with Gasteiger partial charge in [-0.3, -0.25) is 4.79 Å². The average Bonchev–Trinajstić information content (AvgIpc) is 2.64. The molecule has 0 bridgehead atoms. The molecule has 162 valence electrons. The summed E-state index contributed by atoms with van der Waals surface area (Å²) in [5.74, 6) is -4.20. The quantitative estimate of drug-likeness (QED) is 0.139. The largest absolute Gasteiger partial charge is 0.394 e. The molecule has 28 heavy (non-hydrogen) atoms. The SMILES string of the molecule is CC(=O)N[C@H](C(=O)OC(=O)[C@H]1O[C@@H](O)[C@H](O)[C@@H](O)[C@@H]1O)[C@@H](O)[C@H](O)[C@H](O)CO. The lowest BCUT2D eigenvalue weighted by molar-refractivity contribution is -0.280. The van der Waals surface area contributed by atoms with Crippen molar-refractivity contribution < 1.29 is 64.7 Å². The van der Waals surface area contributed by atoms with E-state index < -0.39 is 79.5 Å². The van der Waals surface area contributed by atoms with Crippen molar-refractivity contribution in [1.82, 2.24) is 5.32 Å². The summed E-state index contributed by atoms with van der Waals surface area (Å²) in [4.78, 5) is 35.4. The first kappa shape index (κ1) is 24.3. The van der Waals surface area contributed by atoms with Gasteiger partial charge in [0.15, 0.2) is 18.4 Å². The number of amides is 1. The van der Waals surface area contributed by atoms with Crippen molar-refractivity contribution in [2.24, 2.45) is 0 Å². The Bertz CT molecular complexity index is 571. The predicted molar refractivity (Wildman–Crippen MR) is 82.7 cm³/mol. The summed E-state index contributed by atoms with van der Waals surface area (Å²) in [5, 5.41) is 77.6. The first-order valence-corrected chi connectivity index (χ1v) is 7.97. The Morgan fingerprint density at radius 3 is 2.07 bits per heavy atom. The van der Waals surface area contributed by atoms with Gasteiger partial charge < -0.3 is 55.6 Å². The first-order chi connectivity index (χ1) is 12.9. The number of carbonyl (C=O) groups is 3. The van der Waals surface area contributed by atoms with Crippen LogP contribution in [0.3, 0.4) is 0 Å². The number of carbonyl (C=O) groups excluding carboxylic acids is 3. The molecule has 1 aliphatic rings. The minimum Gasteiger partial charge on any atom is -0.394 e. The monoisotopic (exact) mass is 413 g/mol. The summed E-state index contributed by atoms with van der Waals surface area (Å²) in [6, 6.07) is -2.08. The zero-order chi connectivity index (χ0) is 21.8. The minimum atomic E-state index is -2.22. The third-order valence-corrected chi connectivity index (χ3v) is 3.91. The van der Waals surface area contributed by atoms with E-state index in [9.17, 15) is 50.1 Å². The lowest BCUT2D eigenvalue weighted by Gasteiger charge is -2.37. The molecule has 1 aliphatic heterocycles. The van der Waals surface area contributed by atoms with Crippen LogP contribution < -0.4 is 5.32 Å². The van der Waals surface area contributed by atoms with E-state index in [1.807, 2.05) is 5.32 Å². The van der Waals surface area contributed by atoms with Crippen LogP contribution in [-0.4, -0.2) is 120 Å². The number of nitrogens with one attached hydrogen (secondary N) is 1. The fourth-order valence-corrected chi connectivity index (χ4v) is 2.31. The van der Waals surface area contributed by atoms with Crippen molar-refractivity contribution in [3.63, 3.8) is 0 Å². The summed E-state index contributed by atoms with van der Waals surface area (Å²) >= 11 is 0. The molecule has 14 nitrogen and oxygen atoms in total. The van der Waals surface area contributed by atoms with Crippen molar-refractivity contribution in [1.29, 1.82) is 0 Å². The van der Waals surface area contributed by atoms with Gasteiger partial charge in [0, 0.05) is 6.92 Å². The Hall–Kier alpha value is -1.75. The van der Waals surface area contributed by atoms with E-state index >= 15 is 0 Å². The maximum Gasteiger partial charge on any atom is 0.345 e. The van der Waals surface area contributed by atoms with E-state index in [4.69, 9.17) is 5.11 Å². The van der Waals surface area contributed by atoms with Crippen LogP contribution in [0, 0.1) is 0 Å². The number of ether oxygens (including phenoxy) is 2. The molecule has 0 aromatic rings. The third kappa shape index (κ3) is 5.63. The van der Waals surface area contributed by atoms with Gasteiger partial charge in [-0.1, -0.05) is 0 Å². The molecule has 0 spiro atoms. The molecule has 0 aliphatic carbocycles. The first-order valence-electron chi connectivity index (χ1n) is 7.97. The van der Waals surface area contributed by atoms with Gasteiger partial charge in [0.1, 0.15) is 36.6 Å². The van der Waals surface area contributed by atoms with Gasteiger partial charge in [-0.2, -0.15) is 0 Å². The predicted octanol–water partition coefficient (Wildman–Crippen LogP) is -6.56. The highest BCUT2D eigenvalue weighted by molar-refractivity contribution is 5.93. The topological polar surface area (TPSA) is 244 Å². The number of esters is 2. The Morgan fingerprint density at radius 2 is 1.57 bits per heavy atom. The molecule has 9 N–H and O–H groups in total. The van der Waals surface area contributed by atoms with Crippen molar-refractivity contribution in [2.75, 3.05) is 6.61 Å². The zero-order valence-electron chi connectivity index (χ0n) is 14.5. The zero-order valence-corrected chi connectivity index (χ0v) is 14.5. The van der Waals surface area contributed by atoms with Crippen molar-refractivity contribution in [3.8, 4) is 0 Å². The van der Waals surface area contributed by atoms with Gasteiger partial charge in [0.25, 0.3) is 0 Å². The highest BCUT2D eigenvalue weighted by Crippen LogP contribution is 2.21. The van der Waals surface area contributed by atoms with Gasteiger partial charge >= 0.3 is 11.9 Å². The number of aliphatic hydroxyl groups excluding tert-OH is 8. The lowest BCUT2D eigenvalue weighted by atomic mass is 9.99. The van der Waals surface area contributed by atoms with E-state index in [0.717, 1.165) is 6.92 Å². The van der Waals surface area contributed by atoms with Crippen LogP contribution in [0.15, 0.2) is 0 Å². The lowest BCUT2D eigenvalue weighted by Crippen LogP contribution is -2.61. The summed E-state index contributed by atoms with van der Waals surface area (Å²) in [5.41, 5.74) is 0. The Kier molecular flexibility index (Phi) is 8.80. The van der Waals surface area contributed by atoms with Crippen molar-refractivity contribution in [2.45, 2.75) is 62.0 Å². The number of hydrogen-bond donors (Lipinski definition) is 9. The molecule has 0 aromatic heterocycles. The maximum absolute atomic E-state index is 12.1. The molecule has 0 radical (unpaired) electrons. The maximum atomic E-state index is 12.1. The smallest absolute Gasteiger partial charge is 0.345 e. The van der Waals surface area contributed by atoms with Crippen LogP contribution in [0.4, 0.5) is 0 Å². The summed E-state index contributed by atoms with van der Waals surface area (Å²) in [7, 11) is 0. The number of aliphatic hydroxyl groups is 8. The highest BCUT2D eigenvalue weighted by Gasteiger charge is 2.48. The summed E-state index contributed by atoms with van der Waals surface area (Å²) in [6.45, 7) is -0.0784. The second kappa shape index (κ2) is 10.1. The molecule has 0 aromatic carbocycles. The molecule has 1 fully saturated rings. The standard InChI is InChI=1S/C14H23NO13/c1-3(17)15-5(7(20)6(19)4(18)2-16)12(24)28-14(26)11-9(22)8(21)10(23)13(25)27-11/h4-11,13,16,18-23,25H,2H2,1H3,(H,15,17)/t4-,5+,6-,7-,8+,9+,10-,11+,13-/m1/s1. The molecule has 0 saturated carbocycles. The molecular weight excluding hydrogens is 390 g/mol. The second-order valence-corrected chi connectivity index (χ2v) is 6.07. The minimum absolute atomic E-state index is 0.901. The third-order valence-electron chi connectivity index (χ3n) is 3.91. The molecule has 1 saturated heterocycles. The van der Waals surface area contributed by atoms with Crippen molar-refractivity contribution in [3.05, 3.63) is 0 Å². The van der Waals surface area contributed by atoms with E-state index in [0.29, 0.717) is 0 Å². The number of rotatable bonds is 7. The van der Waals surface area contributed by atoms with E-state index in [-0.39, 0.29) is 0 Å². The van der Waals surface area contributed by atoms with Crippen LogP contribution >= 0.6 is 0 Å². The molecular formula is C14H23NO13. The van der Waals surface area contributed by atoms with Crippen LogP contribution in [0.1, 0.15) is 6.92 Å². The fourth-order valence-electron chi connectivity index (χ4n) is 2.31. The van der Waals surface area contributed by atoms with Crippen LogP contribution in [0.25, 0.3) is 0 Å². The normalized spacial score (nSPS) is 32.0. The van der Waals surface area contributed by atoms with E-state index in [1.54, 1.807) is 0 Å². The summed E-state index contributed by atoms with van der Waals surface area (Å²) < 4.78 is 8.91. The van der Waals surface area contributed by atoms with Gasteiger partial charge in [-0.05, 0) is 0 Å². The molecule has 9 atom stereocenters. The molecule has 14 heteroatoms. The highest BCUT2D eigenvalue weighted by atomic mass is 16.7. The average molecular weight is 413 g/mol. The Balaban J connectivity index is 2.92. The molecule has 1 amide bonds. The van der Waals surface area contributed by atoms with E-state index in [1.165, 1.54) is 0 Å². The fraction of sp³-hybridized carbons (Fsp3) is 0.786. The molecule has 0 unspecified atom stereocenters. The molecule has 1 rings (SSSR count). The van der Waals surface area contributed by atoms with Crippen LogP contribution in [0.2, 0.25) is 0 Å².